The van der Waals surface area contributed by atoms with E-state index in [4.69, 9.17) is 4.74 Å². The predicted octanol–water partition coefficient (Wildman–Crippen LogP) is 8.77. The van der Waals surface area contributed by atoms with Gasteiger partial charge in [0, 0.05) is 10.3 Å². The van der Waals surface area contributed by atoms with Crippen molar-refractivity contribution in [2.45, 2.75) is 110 Å². The Hall–Kier alpha value is -0.870. The molecule has 162 valence electrons. The lowest BCUT2D eigenvalue weighted by atomic mass is 9.84. The van der Waals surface area contributed by atoms with Crippen LogP contribution in [0.25, 0.3) is 9.40 Å². The molecular weight excluding hydrogens is 396 g/mol. The van der Waals surface area contributed by atoms with E-state index >= 15 is 0 Å². The molecule has 0 saturated heterocycles. The summed E-state index contributed by atoms with van der Waals surface area (Å²) in [7, 11) is 0. The van der Waals surface area contributed by atoms with Crippen molar-refractivity contribution in [2.24, 2.45) is 5.92 Å². The van der Waals surface area contributed by atoms with Gasteiger partial charge in [-0.1, -0.05) is 65.2 Å². The molecule has 1 aliphatic carbocycles. The third-order valence-corrected chi connectivity index (χ3v) is 8.71. The van der Waals surface area contributed by atoms with Crippen LogP contribution in [-0.4, -0.2) is 12.1 Å². The minimum Gasteiger partial charge on any atom is -0.458 e. The molecule has 0 radical (unpaired) electrons. The Morgan fingerprint density at radius 3 is 2.38 bits per heavy atom. The molecule has 2 heterocycles. The summed E-state index contributed by atoms with van der Waals surface area (Å²) >= 11 is 3.47. The van der Waals surface area contributed by atoms with Crippen LogP contribution in [0.2, 0.25) is 0 Å². The molecule has 0 aromatic carbocycles. The first-order valence-electron chi connectivity index (χ1n) is 11.9. The number of carbonyl (C=O) groups excluding carboxylic acids is 1. The van der Waals surface area contributed by atoms with E-state index in [-0.39, 0.29) is 12.1 Å². The summed E-state index contributed by atoms with van der Waals surface area (Å²) in [6.45, 7) is 4.51. The maximum Gasteiger partial charge on any atom is 0.348 e. The number of unbranched alkanes of at least 4 members (excludes halogenated alkanes) is 6. The van der Waals surface area contributed by atoms with Crippen molar-refractivity contribution in [3.8, 4) is 0 Å². The molecule has 3 rings (SSSR count). The number of hydrogen-bond donors (Lipinski definition) is 0. The van der Waals surface area contributed by atoms with Crippen molar-refractivity contribution in [1.82, 2.24) is 0 Å². The van der Waals surface area contributed by atoms with E-state index in [0.717, 1.165) is 23.6 Å². The SMILES string of the molecule is CCCCCCCC1CCC(OC(=O)c2cc3cc(CCCCC)sc3s2)CC1. The molecule has 0 unspecified atom stereocenters. The molecule has 0 atom stereocenters. The van der Waals surface area contributed by atoms with Gasteiger partial charge in [0.1, 0.15) is 11.0 Å². The lowest BCUT2D eigenvalue weighted by Gasteiger charge is -2.28. The van der Waals surface area contributed by atoms with Crippen molar-refractivity contribution in [2.75, 3.05) is 0 Å². The average molecular weight is 435 g/mol. The zero-order valence-corrected chi connectivity index (χ0v) is 20.0. The molecule has 1 saturated carbocycles. The molecule has 2 aromatic rings. The number of thiophene rings is 2. The van der Waals surface area contributed by atoms with Gasteiger partial charge in [-0.15, -0.1) is 22.7 Å². The number of hydrogen-bond acceptors (Lipinski definition) is 4. The van der Waals surface area contributed by atoms with Gasteiger partial charge in [-0.2, -0.15) is 0 Å². The smallest absolute Gasteiger partial charge is 0.348 e. The second kappa shape index (κ2) is 12.1. The molecule has 2 nitrogen and oxygen atoms in total. The maximum atomic E-state index is 12.6. The van der Waals surface area contributed by atoms with Crippen LogP contribution in [0.4, 0.5) is 0 Å². The number of ether oxygens (including phenoxy) is 1. The van der Waals surface area contributed by atoms with E-state index in [0.29, 0.717) is 0 Å². The first-order chi connectivity index (χ1) is 14.2. The molecule has 0 aliphatic heterocycles. The highest BCUT2D eigenvalue weighted by Crippen LogP contribution is 2.36. The monoisotopic (exact) mass is 434 g/mol. The first-order valence-corrected chi connectivity index (χ1v) is 13.6. The van der Waals surface area contributed by atoms with Gasteiger partial charge in [-0.05, 0) is 56.6 Å². The minimum absolute atomic E-state index is 0.103. The van der Waals surface area contributed by atoms with Crippen LogP contribution in [0.15, 0.2) is 12.1 Å². The maximum absolute atomic E-state index is 12.6. The van der Waals surface area contributed by atoms with Crippen LogP contribution in [0.1, 0.15) is 112 Å². The molecule has 0 N–H and O–H groups in total. The van der Waals surface area contributed by atoms with Gasteiger partial charge in [0.15, 0.2) is 0 Å². The fraction of sp³-hybridized carbons (Fsp3) is 0.720. The third kappa shape index (κ3) is 7.10. The number of aryl methyl sites for hydroxylation is 1. The van der Waals surface area contributed by atoms with Gasteiger partial charge in [0.25, 0.3) is 0 Å². The number of carbonyl (C=O) groups is 1. The number of fused-ring (bicyclic) bond motifs is 1. The topological polar surface area (TPSA) is 26.3 Å². The van der Waals surface area contributed by atoms with Gasteiger partial charge in [0.05, 0.1) is 4.01 Å². The minimum atomic E-state index is -0.103. The van der Waals surface area contributed by atoms with E-state index in [2.05, 4.69) is 19.9 Å². The van der Waals surface area contributed by atoms with Crippen molar-refractivity contribution >= 4 is 38.0 Å². The third-order valence-electron chi connectivity index (χ3n) is 6.28. The van der Waals surface area contributed by atoms with Crippen LogP contribution in [0.3, 0.4) is 0 Å². The van der Waals surface area contributed by atoms with Gasteiger partial charge < -0.3 is 4.74 Å². The molecular formula is C25H38O2S2. The molecule has 0 bridgehead atoms. The first kappa shape index (κ1) is 22.8. The Morgan fingerprint density at radius 2 is 1.66 bits per heavy atom. The normalized spacial score (nSPS) is 19.7. The summed E-state index contributed by atoms with van der Waals surface area (Å²) in [4.78, 5) is 14.9. The van der Waals surface area contributed by atoms with E-state index in [1.54, 1.807) is 11.3 Å². The largest absolute Gasteiger partial charge is 0.458 e. The Bertz CT molecular complexity index is 706. The van der Waals surface area contributed by atoms with Crippen molar-refractivity contribution in [3.63, 3.8) is 0 Å². The summed E-state index contributed by atoms with van der Waals surface area (Å²) in [5.41, 5.74) is 0. The van der Waals surface area contributed by atoms with Crippen molar-refractivity contribution < 1.29 is 9.53 Å². The fourth-order valence-electron chi connectivity index (χ4n) is 4.45. The van der Waals surface area contributed by atoms with Gasteiger partial charge in [0.2, 0.25) is 0 Å². The van der Waals surface area contributed by atoms with E-state index in [9.17, 15) is 4.79 Å². The molecule has 1 aliphatic rings. The Balaban J connectivity index is 1.39. The quantitative estimate of drug-likeness (QED) is 0.246. The number of esters is 1. The van der Waals surface area contributed by atoms with Crippen molar-refractivity contribution in [1.29, 1.82) is 0 Å². The lowest BCUT2D eigenvalue weighted by molar-refractivity contribution is 0.0166. The highest BCUT2D eigenvalue weighted by Gasteiger charge is 2.25. The van der Waals surface area contributed by atoms with E-state index in [1.807, 2.05) is 17.4 Å². The molecule has 29 heavy (non-hydrogen) atoms. The second-order valence-electron chi connectivity index (χ2n) is 8.77. The summed E-state index contributed by atoms with van der Waals surface area (Å²) in [5.74, 6) is 0.749. The van der Waals surface area contributed by atoms with Gasteiger partial charge >= 0.3 is 5.97 Å². The molecule has 1 fully saturated rings. The van der Waals surface area contributed by atoms with E-state index in [1.165, 1.54) is 91.3 Å². The number of rotatable bonds is 12. The lowest BCUT2D eigenvalue weighted by Crippen LogP contribution is -2.24. The molecule has 4 heteroatoms. The standard InChI is InChI=1S/C25H38O2S2/c1-3-5-7-8-10-11-19-13-15-21(16-14-19)27-24(26)23-18-20-17-22(12-9-6-4-2)28-25(20)29-23/h17-19,21H,3-16H2,1-2H3. The fourth-order valence-corrected chi connectivity index (χ4v) is 6.86. The molecule has 0 spiro atoms. The molecule has 0 amide bonds. The van der Waals surface area contributed by atoms with Crippen LogP contribution >= 0.6 is 22.7 Å². The summed E-state index contributed by atoms with van der Waals surface area (Å²) in [5, 5.41) is 1.23. The van der Waals surface area contributed by atoms with Crippen LogP contribution in [-0.2, 0) is 11.2 Å². The summed E-state index contributed by atoms with van der Waals surface area (Å²) in [6, 6.07) is 4.32. The Morgan fingerprint density at radius 1 is 0.931 bits per heavy atom. The zero-order chi connectivity index (χ0) is 20.5. The van der Waals surface area contributed by atoms with Crippen LogP contribution in [0.5, 0.6) is 0 Å². The van der Waals surface area contributed by atoms with Gasteiger partial charge in [-0.3, -0.25) is 0 Å². The second-order valence-corrected chi connectivity index (χ2v) is 11.2. The van der Waals surface area contributed by atoms with Crippen LogP contribution < -0.4 is 0 Å². The summed E-state index contributed by atoms with van der Waals surface area (Å²) in [6.07, 6.45) is 17.9. The van der Waals surface area contributed by atoms with E-state index < -0.39 is 0 Å². The predicted molar refractivity (Wildman–Crippen MR) is 127 cm³/mol. The highest BCUT2D eigenvalue weighted by molar-refractivity contribution is 7.39. The average Bonchev–Trinajstić information content (AvgIpc) is 3.28. The summed E-state index contributed by atoms with van der Waals surface area (Å²) < 4.78 is 7.14. The van der Waals surface area contributed by atoms with Crippen LogP contribution in [0, 0.1) is 5.92 Å². The zero-order valence-electron chi connectivity index (χ0n) is 18.3. The van der Waals surface area contributed by atoms with Crippen molar-refractivity contribution in [3.05, 3.63) is 21.9 Å². The van der Waals surface area contributed by atoms with Gasteiger partial charge in [-0.25, -0.2) is 4.79 Å². The Kier molecular flexibility index (Phi) is 9.51. The Labute approximate surface area is 185 Å². The molecule has 2 aromatic heterocycles. The highest BCUT2D eigenvalue weighted by atomic mass is 32.2.